The van der Waals surface area contributed by atoms with Crippen LogP contribution >= 0.6 is 34.5 Å². The van der Waals surface area contributed by atoms with Crippen molar-refractivity contribution in [1.29, 1.82) is 0 Å². The SMILES string of the molecule is CN(Cc1ccc(Cl)s1)C(=O)c1cccc(Cl)c1. The van der Waals surface area contributed by atoms with E-state index in [0.29, 0.717) is 17.1 Å². The lowest BCUT2D eigenvalue weighted by Crippen LogP contribution is -2.25. The minimum Gasteiger partial charge on any atom is -0.337 e. The molecule has 0 atom stereocenters. The molecule has 1 aromatic heterocycles. The average Bonchev–Trinajstić information content (AvgIpc) is 2.73. The number of amides is 1. The van der Waals surface area contributed by atoms with Crippen LogP contribution in [0.1, 0.15) is 15.2 Å². The van der Waals surface area contributed by atoms with Crippen LogP contribution in [0.4, 0.5) is 0 Å². The van der Waals surface area contributed by atoms with Gasteiger partial charge < -0.3 is 4.90 Å². The molecule has 0 aliphatic heterocycles. The molecule has 0 saturated heterocycles. The fourth-order valence-corrected chi connectivity index (χ4v) is 2.92. The maximum atomic E-state index is 12.1. The van der Waals surface area contributed by atoms with Gasteiger partial charge in [0.1, 0.15) is 0 Å². The predicted octanol–water partition coefficient (Wildman–Crippen LogP) is 4.33. The molecule has 0 N–H and O–H groups in total. The first kappa shape index (κ1) is 13.4. The van der Waals surface area contributed by atoms with Gasteiger partial charge in [-0.05, 0) is 30.3 Å². The molecule has 0 aliphatic rings. The molecule has 18 heavy (non-hydrogen) atoms. The number of hydrogen-bond donors (Lipinski definition) is 0. The molecule has 5 heteroatoms. The van der Waals surface area contributed by atoms with E-state index in [9.17, 15) is 4.79 Å². The molecule has 0 aliphatic carbocycles. The van der Waals surface area contributed by atoms with E-state index in [4.69, 9.17) is 23.2 Å². The average molecular weight is 300 g/mol. The minimum atomic E-state index is -0.0537. The number of nitrogens with zero attached hydrogens (tertiary/aromatic N) is 1. The fraction of sp³-hybridized carbons (Fsp3) is 0.154. The Labute approximate surface area is 120 Å². The van der Waals surface area contributed by atoms with E-state index >= 15 is 0 Å². The van der Waals surface area contributed by atoms with Crippen LogP contribution in [0.25, 0.3) is 0 Å². The van der Waals surface area contributed by atoms with Gasteiger partial charge in [0.25, 0.3) is 5.91 Å². The lowest BCUT2D eigenvalue weighted by Gasteiger charge is -2.16. The Hall–Kier alpha value is -1.03. The van der Waals surface area contributed by atoms with Crippen LogP contribution in [0.15, 0.2) is 36.4 Å². The summed E-state index contributed by atoms with van der Waals surface area (Å²) in [5.74, 6) is -0.0537. The summed E-state index contributed by atoms with van der Waals surface area (Å²) in [6.07, 6.45) is 0. The van der Waals surface area contributed by atoms with Crippen LogP contribution < -0.4 is 0 Å². The number of benzene rings is 1. The van der Waals surface area contributed by atoms with Crippen LogP contribution in [0.3, 0.4) is 0 Å². The zero-order chi connectivity index (χ0) is 13.1. The maximum Gasteiger partial charge on any atom is 0.253 e. The van der Waals surface area contributed by atoms with Gasteiger partial charge in [-0.1, -0.05) is 29.3 Å². The van der Waals surface area contributed by atoms with Crippen LogP contribution in [-0.4, -0.2) is 17.9 Å². The molecular weight excluding hydrogens is 289 g/mol. The summed E-state index contributed by atoms with van der Waals surface area (Å²) in [4.78, 5) is 14.8. The van der Waals surface area contributed by atoms with Gasteiger partial charge in [0.05, 0.1) is 10.9 Å². The molecule has 0 spiro atoms. The molecule has 2 nitrogen and oxygen atoms in total. The van der Waals surface area contributed by atoms with Crippen LogP contribution in [0, 0.1) is 0 Å². The molecular formula is C13H11Cl2NOS. The molecule has 0 fully saturated rings. The number of carbonyl (C=O) groups excluding carboxylic acids is 1. The number of hydrogen-bond acceptors (Lipinski definition) is 2. The molecule has 0 unspecified atom stereocenters. The normalized spacial score (nSPS) is 10.4. The monoisotopic (exact) mass is 299 g/mol. The number of thiophene rings is 1. The summed E-state index contributed by atoms with van der Waals surface area (Å²) in [6, 6.07) is 10.7. The zero-order valence-electron chi connectivity index (χ0n) is 9.69. The van der Waals surface area contributed by atoms with Gasteiger partial charge in [-0.3, -0.25) is 4.79 Å². The highest BCUT2D eigenvalue weighted by atomic mass is 35.5. The van der Waals surface area contributed by atoms with Crippen molar-refractivity contribution in [2.45, 2.75) is 6.54 Å². The molecule has 1 aromatic carbocycles. The molecule has 0 saturated carbocycles. The van der Waals surface area contributed by atoms with Crippen LogP contribution in [0.5, 0.6) is 0 Å². The van der Waals surface area contributed by atoms with Gasteiger partial charge in [0.2, 0.25) is 0 Å². The molecule has 1 amide bonds. The van der Waals surface area contributed by atoms with E-state index in [1.165, 1.54) is 11.3 Å². The first-order valence-electron chi connectivity index (χ1n) is 5.31. The van der Waals surface area contributed by atoms with E-state index in [1.54, 1.807) is 36.2 Å². The van der Waals surface area contributed by atoms with E-state index < -0.39 is 0 Å². The molecule has 0 radical (unpaired) electrons. The Kier molecular flexibility index (Phi) is 4.27. The third kappa shape index (κ3) is 3.25. The second-order valence-electron chi connectivity index (χ2n) is 3.88. The molecule has 1 heterocycles. The quantitative estimate of drug-likeness (QED) is 0.826. The van der Waals surface area contributed by atoms with Crippen molar-refractivity contribution in [2.24, 2.45) is 0 Å². The van der Waals surface area contributed by atoms with Gasteiger partial charge in [-0.2, -0.15) is 0 Å². The second-order valence-corrected chi connectivity index (χ2v) is 6.11. The topological polar surface area (TPSA) is 20.3 Å². The molecule has 94 valence electrons. The highest BCUT2D eigenvalue weighted by Gasteiger charge is 2.13. The van der Waals surface area contributed by atoms with Crippen molar-refractivity contribution < 1.29 is 4.79 Å². The first-order valence-corrected chi connectivity index (χ1v) is 6.89. The van der Waals surface area contributed by atoms with Crippen molar-refractivity contribution in [2.75, 3.05) is 7.05 Å². The minimum absolute atomic E-state index is 0.0537. The highest BCUT2D eigenvalue weighted by molar-refractivity contribution is 7.16. The fourth-order valence-electron chi connectivity index (χ4n) is 1.58. The third-order valence-corrected chi connectivity index (χ3v) is 3.89. The van der Waals surface area contributed by atoms with Gasteiger partial charge in [0.15, 0.2) is 0 Å². The third-order valence-electron chi connectivity index (χ3n) is 2.44. The Morgan fingerprint density at radius 1 is 1.28 bits per heavy atom. The summed E-state index contributed by atoms with van der Waals surface area (Å²) in [5.41, 5.74) is 0.590. The lowest BCUT2D eigenvalue weighted by atomic mass is 10.2. The summed E-state index contributed by atoms with van der Waals surface area (Å²) >= 11 is 13.2. The highest BCUT2D eigenvalue weighted by Crippen LogP contribution is 2.23. The first-order chi connectivity index (χ1) is 8.56. The summed E-state index contributed by atoms with van der Waals surface area (Å²) in [5, 5.41) is 0.563. The Morgan fingerprint density at radius 3 is 2.67 bits per heavy atom. The largest absolute Gasteiger partial charge is 0.337 e. The zero-order valence-corrected chi connectivity index (χ0v) is 12.0. The van der Waals surface area contributed by atoms with Crippen molar-refractivity contribution >= 4 is 40.4 Å². The van der Waals surface area contributed by atoms with Gasteiger partial charge in [0, 0.05) is 22.5 Å². The lowest BCUT2D eigenvalue weighted by molar-refractivity contribution is 0.0786. The van der Waals surface area contributed by atoms with Crippen molar-refractivity contribution in [3.05, 3.63) is 56.2 Å². The maximum absolute atomic E-state index is 12.1. The van der Waals surface area contributed by atoms with Crippen LogP contribution in [0.2, 0.25) is 9.36 Å². The molecule has 0 bridgehead atoms. The second kappa shape index (κ2) is 5.74. The van der Waals surface area contributed by atoms with Crippen LogP contribution in [-0.2, 0) is 6.54 Å². The number of rotatable bonds is 3. The predicted molar refractivity (Wildman–Crippen MR) is 76.6 cm³/mol. The summed E-state index contributed by atoms with van der Waals surface area (Å²) < 4.78 is 0.730. The molecule has 2 aromatic rings. The summed E-state index contributed by atoms with van der Waals surface area (Å²) in [7, 11) is 1.76. The van der Waals surface area contributed by atoms with E-state index in [0.717, 1.165) is 9.21 Å². The van der Waals surface area contributed by atoms with E-state index in [1.807, 2.05) is 12.1 Å². The van der Waals surface area contributed by atoms with Crippen molar-refractivity contribution in [3.8, 4) is 0 Å². The molecule has 2 rings (SSSR count). The smallest absolute Gasteiger partial charge is 0.253 e. The number of halogens is 2. The van der Waals surface area contributed by atoms with Gasteiger partial charge in [-0.15, -0.1) is 11.3 Å². The Morgan fingerprint density at radius 2 is 2.06 bits per heavy atom. The number of carbonyl (C=O) groups is 1. The van der Waals surface area contributed by atoms with E-state index in [-0.39, 0.29) is 5.91 Å². The van der Waals surface area contributed by atoms with Crippen molar-refractivity contribution in [1.82, 2.24) is 4.90 Å². The Bertz CT molecular complexity index is 568. The van der Waals surface area contributed by atoms with E-state index in [2.05, 4.69) is 0 Å². The van der Waals surface area contributed by atoms with Gasteiger partial charge in [-0.25, -0.2) is 0 Å². The summed E-state index contributed by atoms with van der Waals surface area (Å²) in [6.45, 7) is 0.544. The van der Waals surface area contributed by atoms with Crippen molar-refractivity contribution in [3.63, 3.8) is 0 Å². The van der Waals surface area contributed by atoms with Gasteiger partial charge >= 0.3 is 0 Å². The standard InChI is InChI=1S/C13H11Cl2NOS/c1-16(8-11-5-6-12(15)18-11)13(17)9-3-2-4-10(14)7-9/h2-7H,8H2,1H3. The Balaban J connectivity index is 2.09.